The van der Waals surface area contributed by atoms with E-state index in [1.165, 1.54) is 0 Å². The van der Waals surface area contributed by atoms with E-state index in [1.807, 2.05) is 19.9 Å². The Bertz CT molecular complexity index is 504. The third kappa shape index (κ3) is 2.61. The summed E-state index contributed by atoms with van der Waals surface area (Å²) in [5.41, 5.74) is -0.00119. The first kappa shape index (κ1) is 14.3. The number of hydrogen-bond acceptors (Lipinski definition) is 4. The van der Waals surface area contributed by atoms with Gasteiger partial charge in [-0.3, -0.25) is 4.79 Å². The second-order valence-electron chi connectivity index (χ2n) is 6.55. The predicted molar refractivity (Wildman–Crippen MR) is 82.0 cm³/mol. The average molecular weight is 288 g/mol. The number of amides is 1. The third-order valence-electron chi connectivity index (χ3n) is 4.75. The lowest BCUT2D eigenvalue weighted by Crippen LogP contribution is -2.58. The lowest BCUT2D eigenvalue weighted by molar-refractivity contribution is -0.139. The van der Waals surface area contributed by atoms with E-state index in [0.717, 1.165) is 51.3 Å². The van der Waals surface area contributed by atoms with Crippen LogP contribution in [-0.2, 0) is 4.79 Å². The maximum atomic E-state index is 12.5. The first-order chi connectivity index (χ1) is 10.1. The minimum absolute atomic E-state index is 0.00119. The molecule has 0 aliphatic carbocycles. The highest BCUT2D eigenvalue weighted by atomic mass is 16.2. The van der Waals surface area contributed by atoms with Crippen LogP contribution in [0.3, 0.4) is 0 Å². The molecule has 2 aliphatic heterocycles. The molecule has 5 nitrogen and oxygen atoms in total. The smallest absolute Gasteiger partial charge is 0.225 e. The molecular weight excluding hydrogens is 264 g/mol. The summed E-state index contributed by atoms with van der Waals surface area (Å²) in [4.78, 5) is 25.7. The average Bonchev–Trinajstić information content (AvgIpc) is 2.90. The van der Waals surface area contributed by atoms with E-state index in [4.69, 9.17) is 0 Å². The van der Waals surface area contributed by atoms with E-state index in [-0.39, 0.29) is 11.5 Å². The van der Waals surface area contributed by atoms with Crippen molar-refractivity contribution in [2.45, 2.75) is 45.1 Å². The Balaban J connectivity index is 1.82. The van der Waals surface area contributed by atoms with Crippen molar-refractivity contribution in [2.24, 2.45) is 5.92 Å². The lowest BCUT2D eigenvalue weighted by atomic mass is 9.86. The van der Waals surface area contributed by atoms with Crippen LogP contribution in [0.4, 0.5) is 5.95 Å². The van der Waals surface area contributed by atoms with Crippen LogP contribution in [0, 0.1) is 5.92 Å². The SMILES string of the molecule is CC(C)C(=O)N1CCC[C@@]12CCCN(c1ncccn1)C2. The maximum absolute atomic E-state index is 12.5. The Morgan fingerprint density at radius 3 is 2.52 bits per heavy atom. The summed E-state index contributed by atoms with van der Waals surface area (Å²) < 4.78 is 0. The van der Waals surface area contributed by atoms with Gasteiger partial charge in [0, 0.05) is 37.9 Å². The van der Waals surface area contributed by atoms with Gasteiger partial charge in [0.15, 0.2) is 0 Å². The molecule has 1 atom stereocenters. The van der Waals surface area contributed by atoms with Gasteiger partial charge in [-0.25, -0.2) is 9.97 Å². The van der Waals surface area contributed by atoms with Crippen molar-refractivity contribution in [1.82, 2.24) is 14.9 Å². The van der Waals surface area contributed by atoms with E-state index in [2.05, 4.69) is 19.8 Å². The molecule has 1 spiro atoms. The van der Waals surface area contributed by atoms with E-state index >= 15 is 0 Å². The molecule has 1 amide bonds. The monoisotopic (exact) mass is 288 g/mol. The zero-order valence-electron chi connectivity index (χ0n) is 13.0. The van der Waals surface area contributed by atoms with Gasteiger partial charge in [-0.1, -0.05) is 13.8 Å². The molecule has 0 N–H and O–H groups in total. The standard InChI is InChI=1S/C16H24N4O/c1-13(2)14(21)20-11-4-7-16(20)6-3-10-19(12-16)15-17-8-5-9-18-15/h5,8-9,13H,3-4,6-7,10-12H2,1-2H3/t16-/m1/s1. The molecule has 0 aromatic carbocycles. The van der Waals surface area contributed by atoms with Crippen molar-refractivity contribution < 1.29 is 4.79 Å². The summed E-state index contributed by atoms with van der Waals surface area (Å²) in [5.74, 6) is 1.16. The molecule has 21 heavy (non-hydrogen) atoms. The maximum Gasteiger partial charge on any atom is 0.225 e. The number of carbonyl (C=O) groups is 1. The first-order valence-corrected chi connectivity index (χ1v) is 7.96. The zero-order chi connectivity index (χ0) is 14.9. The summed E-state index contributed by atoms with van der Waals surface area (Å²) in [6.07, 6.45) is 8.00. The van der Waals surface area contributed by atoms with Gasteiger partial charge in [-0.05, 0) is 31.7 Å². The van der Waals surface area contributed by atoms with Crippen molar-refractivity contribution in [3.63, 3.8) is 0 Å². The van der Waals surface area contributed by atoms with Gasteiger partial charge >= 0.3 is 0 Å². The molecule has 114 valence electrons. The predicted octanol–water partition coefficient (Wildman–Crippen LogP) is 2.09. The van der Waals surface area contributed by atoms with Crippen molar-refractivity contribution in [3.8, 4) is 0 Å². The van der Waals surface area contributed by atoms with Crippen molar-refractivity contribution in [2.75, 3.05) is 24.5 Å². The molecule has 5 heteroatoms. The molecule has 3 rings (SSSR count). The largest absolute Gasteiger partial charge is 0.338 e. The van der Waals surface area contributed by atoms with E-state index < -0.39 is 0 Å². The normalized spacial score (nSPS) is 25.9. The van der Waals surface area contributed by atoms with Crippen LogP contribution in [0.5, 0.6) is 0 Å². The third-order valence-corrected chi connectivity index (χ3v) is 4.75. The number of nitrogens with zero attached hydrogens (tertiary/aromatic N) is 4. The Kier molecular flexibility index (Phi) is 3.83. The van der Waals surface area contributed by atoms with Gasteiger partial charge in [-0.2, -0.15) is 0 Å². The van der Waals surface area contributed by atoms with Crippen LogP contribution in [0.1, 0.15) is 39.5 Å². The Morgan fingerprint density at radius 1 is 1.19 bits per heavy atom. The minimum atomic E-state index is -0.00119. The number of hydrogen-bond donors (Lipinski definition) is 0. The second-order valence-corrected chi connectivity index (χ2v) is 6.55. The zero-order valence-corrected chi connectivity index (χ0v) is 13.0. The molecule has 1 aromatic rings. The molecule has 0 unspecified atom stereocenters. The molecule has 2 aliphatic rings. The summed E-state index contributed by atoms with van der Waals surface area (Å²) in [5, 5.41) is 0. The number of rotatable bonds is 2. The Morgan fingerprint density at radius 2 is 1.86 bits per heavy atom. The molecule has 3 heterocycles. The number of aromatic nitrogens is 2. The summed E-state index contributed by atoms with van der Waals surface area (Å²) in [6.45, 7) is 6.75. The quantitative estimate of drug-likeness (QED) is 0.836. The number of anilines is 1. The van der Waals surface area contributed by atoms with Crippen molar-refractivity contribution in [1.29, 1.82) is 0 Å². The molecule has 0 saturated carbocycles. The highest BCUT2D eigenvalue weighted by Crippen LogP contribution is 2.38. The highest BCUT2D eigenvalue weighted by Gasteiger charge is 2.46. The van der Waals surface area contributed by atoms with Crippen LogP contribution in [0.2, 0.25) is 0 Å². The number of likely N-dealkylation sites (tertiary alicyclic amines) is 1. The fourth-order valence-electron chi connectivity index (χ4n) is 3.76. The van der Waals surface area contributed by atoms with E-state index in [1.54, 1.807) is 12.4 Å². The fourth-order valence-corrected chi connectivity index (χ4v) is 3.76. The summed E-state index contributed by atoms with van der Waals surface area (Å²) >= 11 is 0. The lowest BCUT2D eigenvalue weighted by Gasteiger charge is -2.46. The van der Waals surface area contributed by atoms with Crippen LogP contribution >= 0.6 is 0 Å². The van der Waals surface area contributed by atoms with Crippen molar-refractivity contribution >= 4 is 11.9 Å². The highest BCUT2D eigenvalue weighted by molar-refractivity contribution is 5.79. The molecule has 2 saturated heterocycles. The second kappa shape index (κ2) is 5.62. The molecule has 1 aromatic heterocycles. The van der Waals surface area contributed by atoms with Gasteiger partial charge < -0.3 is 9.80 Å². The van der Waals surface area contributed by atoms with Crippen LogP contribution < -0.4 is 4.90 Å². The fraction of sp³-hybridized carbons (Fsp3) is 0.688. The van der Waals surface area contributed by atoms with Gasteiger partial charge in [0.2, 0.25) is 11.9 Å². The van der Waals surface area contributed by atoms with E-state index in [0.29, 0.717) is 5.91 Å². The molecule has 2 fully saturated rings. The summed E-state index contributed by atoms with van der Waals surface area (Å²) in [7, 11) is 0. The van der Waals surface area contributed by atoms with Crippen LogP contribution in [0.25, 0.3) is 0 Å². The molecule has 0 radical (unpaired) electrons. The van der Waals surface area contributed by atoms with Gasteiger partial charge in [-0.15, -0.1) is 0 Å². The van der Waals surface area contributed by atoms with Crippen LogP contribution in [-0.4, -0.2) is 45.9 Å². The number of piperidine rings is 1. The topological polar surface area (TPSA) is 49.3 Å². The Hall–Kier alpha value is -1.65. The first-order valence-electron chi connectivity index (χ1n) is 7.96. The van der Waals surface area contributed by atoms with E-state index in [9.17, 15) is 4.79 Å². The summed E-state index contributed by atoms with van der Waals surface area (Å²) in [6, 6.07) is 1.84. The van der Waals surface area contributed by atoms with Crippen molar-refractivity contribution in [3.05, 3.63) is 18.5 Å². The molecular formula is C16H24N4O. The van der Waals surface area contributed by atoms with Gasteiger partial charge in [0.25, 0.3) is 0 Å². The molecule has 0 bridgehead atoms. The van der Waals surface area contributed by atoms with Gasteiger partial charge in [0.1, 0.15) is 0 Å². The Labute approximate surface area is 126 Å². The minimum Gasteiger partial charge on any atom is -0.338 e. The van der Waals surface area contributed by atoms with Gasteiger partial charge in [0.05, 0.1) is 5.54 Å². The van der Waals surface area contributed by atoms with Crippen LogP contribution in [0.15, 0.2) is 18.5 Å². The number of carbonyl (C=O) groups excluding carboxylic acids is 1.